The highest BCUT2D eigenvalue weighted by Gasteiger charge is 2.08. The van der Waals surface area contributed by atoms with E-state index in [9.17, 15) is 9.59 Å². The van der Waals surface area contributed by atoms with Gasteiger partial charge >= 0.3 is 11.9 Å². The zero-order valence-corrected chi connectivity index (χ0v) is 15.5. The highest BCUT2D eigenvalue weighted by Crippen LogP contribution is 2.15. The van der Waals surface area contributed by atoms with Gasteiger partial charge in [-0.1, -0.05) is 38.1 Å². The Hall–Kier alpha value is -2.62. The molecule has 0 atom stereocenters. The second-order valence-electron chi connectivity index (χ2n) is 6.15. The van der Waals surface area contributed by atoms with Crippen molar-refractivity contribution in [2.24, 2.45) is 0 Å². The number of hydrogen-bond donors (Lipinski definition) is 0. The van der Waals surface area contributed by atoms with E-state index in [1.165, 1.54) is 11.1 Å². The van der Waals surface area contributed by atoms with Crippen LogP contribution in [0.2, 0.25) is 0 Å². The van der Waals surface area contributed by atoms with Crippen LogP contribution in [0.4, 0.5) is 0 Å². The summed E-state index contributed by atoms with van der Waals surface area (Å²) in [6.07, 6.45) is 3.66. The van der Waals surface area contributed by atoms with E-state index >= 15 is 0 Å². The largest absolute Gasteiger partial charge is 0.427 e. The molecule has 0 radical (unpaired) electrons. The second kappa shape index (κ2) is 10.4. The fourth-order valence-corrected chi connectivity index (χ4v) is 2.49. The lowest BCUT2D eigenvalue weighted by atomic mass is 10.1. The molecule has 4 nitrogen and oxygen atoms in total. The minimum Gasteiger partial charge on any atom is -0.427 e. The van der Waals surface area contributed by atoms with Crippen LogP contribution in [-0.2, 0) is 22.4 Å². The molecule has 0 saturated carbocycles. The van der Waals surface area contributed by atoms with E-state index in [1.807, 2.05) is 24.3 Å². The summed E-state index contributed by atoms with van der Waals surface area (Å²) in [5, 5.41) is 0. The number of esters is 2. The summed E-state index contributed by atoms with van der Waals surface area (Å²) in [6, 6.07) is 15.0. The number of carbonyl (C=O) groups is 2. The van der Waals surface area contributed by atoms with E-state index in [2.05, 4.69) is 13.8 Å². The van der Waals surface area contributed by atoms with Crippen molar-refractivity contribution in [3.05, 3.63) is 59.7 Å². The molecule has 0 aromatic heterocycles. The third-order valence-electron chi connectivity index (χ3n) is 4.14. The molecule has 0 aliphatic heterocycles. The molecule has 2 aromatic carbocycles. The van der Waals surface area contributed by atoms with Crippen LogP contribution in [0.5, 0.6) is 11.5 Å². The molecule has 2 aromatic rings. The zero-order chi connectivity index (χ0) is 18.8. The first-order valence-electron chi connectivity index (χ1n) is 9.20. The maximum absolute atomic E-state index is 11.8. The average Bonchev–Trinajstić information content (AvgIpc) is 2.66. The Labute approximate surface area is 155 Å². The van der Waals surface area contributed by atoms with E-state index in [-0.39, 0.29) is 24.8 Å². The molecule has 0 fully saturated rings. The van der Waals surface area contributed by atoms with Gasteiger partial charge in [-0.2, -0.15) is 0 Å². The van der Waals surface area contributed by atoms with Crippen molar-refractivity contribution in [2.45, 2.75) is 52.4 Å². The van der Waals surface area contributed by atoms with Crippen LogP contribution in [0, 0.1) is 0 Å². The van der Waals surface area contributed by atoms with Crippen LogP contribution in [0.3, 0.4) is 0 Å². The minimum atomic E-state index is -0.280. The van der Waals surface area contributed by atoms with Crippen LogP contribution in [0.25, 0.3) is 0 Å². The van der Waals surface area contributed by atoms with Crippen molar-refractivity contribution >= 4 is 11.9 Å². The average molecular weight is 354 g/mol. The van der Waals surface area contributed by atoms with Crippen molar-refractivity contribution in [3.63, 3.8) is 0 Å². The predicted octanol–water partition coefficient (Wildman–Crippen LogP) is 4.88. The van der Waals surface area contributed by atoms with Gasteiger partial charge in [-0.3, -0.25) is 9.59 Å². The molecule has 0 amide bonds. The molecule has 0 N–H and O–H groups in total. The van der Waals surface area contributed by atoms with Gasteiger partial charge in [0.1, 0.15) is 11.5 Å². The molecule has 4 heteroatoms. The summed E-state index contributed by atoms with van der Waals surface area (Å²) < 4.78 is 10.6. The molecule has 0 aliphatic carbocycles. The van der Waals surface area contributed by atoms with E-state index in [4.69, 9.17) is 9.47 Å². The first-order chi connectivity index (χ1) is 12.6. The Balaban J connectivity index is 1.63. The molecule has 2 rings (SSSR count). The SMILES string of the molecule is CCc1ccc(OC(=O)CCCCC(=O)Oc2ccc(CC)cc2)cc1. The lowest BCUT2D eigenvalue weighted by molar-refractivity contribution is -0.136. The van der Waals surface area contributed by atoms with E-state index in [0.29, 0.717) is 24.3 Å². The molecule has 138 valence electrons. The Bertz CT molecular complexity index is 638. The number of ether oxygens (including phenoxy) is 2. The molecule has 0 bridgehead atoms. The van der Waals surface area contributed by atoms with Crippen LogP contribution in [0.1, 0.15) is 50.7 Å². The summed E-state index contributed by atoms with van der Waals surface area (Å²) >= 11 is 0. The Kier molecular flexibility index (Phi) is 7.87. The molecular formula is C22H26O4. The quantitative estimate of drug-likeness (QED) is 0.366. The van der Waals surface area contributed by atoms with E-state index in [0.717, 1.165) is 12.8 Å². The topological polar surface area (TPSA) is 52.6 Å². The summed E-state index contributed by atoms with van der Waals surface area (Å²) in [4.78, 5) is 23.6. The summed E-state index contributed by atoms with van der Waals surface area (Å²) in [5.41, 5.74) is 2.40. The first kappa shape index (κ1) is 19.7. The number of carbonyl (C=O) groups excluding carboxylic acids is 2. The van der Waals surface area contributed by atoms with E-state index < -0.39 is 0 Å². The third kappa shape index (κ3) is 6.71. The van der Waals surface area contributed by atoms with Crippen LogP contribution < -0.4 is 9.47 Å². The maximum atomic E-state index is 11.8. The molecule has 0 unspecified atom stereocenters. The van der Waals surface area contributed by atoms with Gasteiger partial charge in [-0.05, 0) is 61.1 Å². The van der Waals surface area contributed by atoms with Gasteiger partial charge in [0, 0.05) is 12.8 Å². The Morgan fingerprint density at radius 2 is 1.00 bits per heavy atom. The van der Waals surface area contributed by atoms with Crippen molar-refractivity contribution < 1.29 is 19.1 Å². The Morgan fingerprint density at radius 1 is 0.654 bits per heavy atom. The van der Waals surface area contributed by atoms with Crippen molar-refractivity contribution in [2.75, 3.05) is 0 Å². The van der Waals surface area contributed by atoms with Crippen molar-refractivity contribution in [3.8, 4) is 11.5 Å². The summed E-state index contributed by atoms with van der Waals surface area (Å²) in [5.74, 6) is 0.555. The first-order valence-corrected chi connectivity index (χ1v) is 9.20. The maximum Gasteiger partial charge on any atom is 0.311 e. The number of hydrogen-bond acceptors (Lipinski definition) is 4. The molecule has 0 aliphatic rings. The zero-order valence-electron chi connectivity index (χ0n) is 15.5. The van der Waals surface area contributed by atoms with Gasteiger partial charge in [-0.25, -0.2) is 0 Å². The Morgan fingerprint density at radius 3 is 1.31 bits per heavy atom. The fourth-order valence-electron chi connectivity index (χ4n) is 2.49. The smallest absolute Gasteiger partial charge is 0.311 e. The number of aryl methyl sites for hydroxylation is 2. The van der Waals surface area contributed by atoms with Gasteiger partial charge in [0.05, 0.1) is 0 Å². The van der Waals surface area contributed by atoms with Crippen LogP contribution in [-0.4, -0.2) is 11.9 Å². The number of unbranched alkanes of at least 4 members (excludes halogenated alkanes) is 1. The van der Waals surface area contributed by atoms with Gasteiger partial charge in [0.2, 0.25) is 0 Å². The monoisotopic (exact) mass is 354 g/mol. The third-order valence-corrected chi connectivity index (χ3v) is 4.14. The van der Waals surface area contributed by atoms with Gasteiger partial charge in [0.15, 0.2) is 0 Å². The number of benzene rings is 2. The molecular weight excluding hydrogens is 328 g/mol. The summed E-state index contributed by atoms with van der Waals surface area (Å²) in [6.45, 7) is 4.15. The molecule has 0 heterocycles. The molecule has 0 saturated heterocycles. The molecule has 0 spiro atoms. The van der Waals surface area contributed by atoms with Gasteiger partial charge in [0.25, 0.3) is 0 Å². The molecule has 26 heavy (non-hydrogen) atoms. The lowest BCUT2D eigenvalue weighted by Crippen LogP contribution is -2.10. The van der Waals surface area contributed by atoms with Crippen LogP contribution in [0.15, 0.2) is 48.5 Å². The predicted molar refractivity (Wildman–Crippen MR) is 101 cm³/mol. The summed E-state index contributed by atoms with van der Waals surface area (Å²) in [7, 11) is 0. The normalized spacial score (nSPS) is 10.4. The van der Waals surface area contributed by atoms with Crippen molar-refractivity contribution in [1.29, 1.82) is 0 Å². The fraction of sp³-hybridized carbons (Fsp3) is 0.364. The van der Waals surface area contributed by atoms with Gasteiger partial charge in [-0.15, -0.1) is 0 Å². The lowest BCUT2D eigenvalue weighted by Gasteiger charge is -2.06. The second-order valence-corrected chi connectivity index (χ2v) is 6.15. The number of rotatable bonds is 9. The highest BCUT2D eigenvalue weighted by atomic mass is 16.5. The standard InChI is InChI=1S/C22H26O4/c1-3-17-9-13-19(14-10-17)25-21(23)7-5-6-8-22(24)26-20-15-11-18(4-2)12-16-20/h9-16H,3-8H2,1-2H3. The highest BCUT2D eigenvalue weighted by molar-refractivity contribution is 5.73. The minimum absolute atomic E-state index is 0.280. The van der Waals surface area contributed by atoms with Crippen molar-refractivity contribution in [1.82, 2.24) is 0 Å². The van der Waals surface area contributed by atoms with Crippen LogP contribution >= 0.6 is 0 Å². The van der Waals surface area contributed by atoms with E-state index in [1.54, 1.807) is 24.3 Å². The van der Waals surface area contributed by atoms with Gasteiger partial charge < -0.3 is 9.47 Å².